The highest BCUT2D eigenvalue weighted by molar-refractivity contribution is 5.77. The Kier molecular flexibility index (Phi) is 6.47. The molecule has 18 heavy (non-hydrogen) atoms. The summed E-state index contributed by atoms with van der Waals surface area (Å²) in [6.45, 7) is 7.84. The largest absolute Gasteiger partial charge is 0.370 e. The maximum absolute atomic E-state index is 5.88. The molecular formula is C14H30N4. The van der Waals surface area contributed by atoms with Crippen molar-refractivity contribution in [2.45, 2.75) is 45.6 Å². The first kappa shape index (κ1) is 15.3. The SMILES string of the molecule is CC(C)[C@@H](CN=C(N)N(C)C)N1CCCCCC1. The first-order chi connectivity index (χ1) is 8.52. The van der Waals surface area contributed by atoms with Gasteiger partial charge in [0, 0.05) is 20.1 Å². The van der Waals surface area contributed by atoms with Crippen LogP contribution in [-0.4, -0.2) is 55.5 Å². The minimum atomic E-state index is 0.529. The van der Waals surface area contributed by atoms with Crippen molar-refractivity contribution in [3.63, 3.8) is 0 Å². The fourth-order valence-corrected chi connectivity index (χ4v) is 2.50. The third-order valence-electron chi connectivity index (χ3n) is 3.78. The second-order valence-electron chi connectivity index (χ2n) is 5.85. The molecule has 4 nitrogen and oxygen atoms in total. The number of guanidine groups is 1. The molecule has 1 heterocycles. The lowest BCUT2D eigenvalue weighted by Crippen LogP contribution is -2.42. The maximum atomic E-state index is 5.88. The van der Waals surface area contributed by atoms with Crippen molar-refractivity contribution >= 4 is 5.96 Å². The summed E-state index contributed by atoms with van der Waals surface area (Å²) in [5.74, 6) is 1.26. The fourth-order valence-electron chi connectivity index (χ4n) is 2.50. The topological polar surface area (TPSA) is 44.9 Å². The van der Waals surface area contributed by atoms with E-state index in [1.54, 1.807) is 0 Å². The van der Waals surface area contributed by atoms with Crippen LogP contribution in [0.4, 0.5) is 0 Å². The molecule has 0 aliphatic carbocycles. The highest BCUT2D eigenvalue weighted by Crippen LogP contribution is 2.17. The van der Waals surface area contributed by atoms with E-state index in [1.807, 2.05) is 19.0 Å². The van der Waals surface area contributed by atoms with E-state index in [9.17, 15) is 0 Å². The molecule has 0 radical (unpaired) electrons. The van der Waals surface area contributed by atoms with Crippen molar-refractivity contribution in [1.82, 2.24) is 9.80 Å². The number of likely N-dealkylation sites (tertiary alicyclic amines) is 1. The molecule has 4 heteroatoms. The van der Waals surface area contributed by atoms with Gasteiger partial charge in [0.15, 0.2) is 5.96 Å². The van der Waals surface area contributed by atoms with Crippen molar-refractivity contribution in [3.05, 3.63) is 0 Å². The van der Waals surface area contributed by atoms with Gasteiger partial charge in [-0.1, -0.05) is 26.7 Å². The van der Waals surface area contributed by atoms with Gasteiger partial charge >= 0.3 is 0 Å². The van der Waals surface area contributed by atoms with Crippen LogP contribution in [0.15, 0.2) is 4.99 Å². The number of hydrogen-bond acceptors (Lipinski definition) is 2. The Labute approximate surface area is 112 Å². The highest BCUT2D eigenvalue weighted by Gasteiger charge is 2.22. The maximum Gasteiger partial charge on any atom is 0.190 e. The first-order valence-corrected chi connectivity index (χ1v) is 7.23. The van der Waals surface area contributed by atoms with Crippen molar-refractivity contribution in [3.8, 4) is 0 Å². The molecule has 0 saturated carbocycles. The molecule has 0 aromatic rings. The molecule has 1 aliphatic rings. The Balaban J connectivity index is 2.61. The van der Waals surface area contributed by atoms with E-state index in [0.717, 1.165) is 6.54 Å². The lowest BCUT2D eigenvalue weighted by atomic mass is 10.0. The summed E-state index contributed by atoms with van der Waals surface area (Å²) in [5.41, 5.74) is 5.88. The second kappa shape index (κ2) is 7.62. The second-order valence-corrected chi connectivity index (χ2v) is 5.85. The molecule has 1 rings (SSSR count). The van der Waals surface area contributed by atoms with Gasteiger partial charge in [-0.15, -0.1) is 0 Å². The Hall–Kier alpha value is -0.770. The fraction of sp³-hybridized carbons (Fsp3) is 0.929. The van der Waals surface area contributed by atoms with Crippen molar-refractivity contribution in [1.29, 1.82) is 0 Å². The molecule has 1 saturated heterocycles. The molecule has 1 fully saturated rings. The summed E-state index contributed by atoms with van der Waals surface area (Å²) < 4.78 is 0. The Bertz CT molecular complexity index is 253. The van der Waals surface area contributed by atoms with E-state index in [0.29, 0.717) is 17.9 Å². The van der Waals surface area contributed by atoms with Crippen LogP contribution < -0.4 is 5.73 Å². The van der Waals surface area contributed by atoms with Crippen LogP contribution in [0.5, 0.6) is 0 Å². The van der Waals surface area contributed by atoms with Gasteiger partial charge in [-0.05, 0) is 31.8 Å². The van der Waals surface area contributed by atoms with Gasteiger partial charge < -0.3 is 10.6 Å². The van der Waals surface area contributed by atoms with Crippen LogP contribution in [0.1, 0.15) is 39.5 Å². The zero-order valence-electron chi connectivity index (χ0n) is 12.5. The monoisotopic (exact) mass is 254 g/mol. The lowest BCUT2D eigenvalue weighted by Gasteiger charge is -2.32. The summed E-state index contributed by atoms with van der Waals surface area (Å²) >= 11 is 0. The van der Waals surface area contributed by atoms with Gasteiger partial charge in [0.05, 0.1) is 6.54 Å². The number of nitrogens with two attached hydrogens (primary N) is 1. The number of aliphatic imine (C=N–C) groups is 1. The Morgan fingerprint density at radius 1 is 1.17 bits per heavy atom. The van der Waals surface area contributed by atoms with Gasteiger partial charge in [-0.2, -0.15) is 0 Å². The quantitative estimate of drug-likeness (QED) is 0.614. The molecule has 0 aromatic carbocycles. The molecule has 0 bridgehead atoms. The summed E-state index contributed by atoms with van der Waals surface area (Å²) in [7, 11) is 3.88. The normalized spacial score (nSPS) is 20.8. The molecule has 2 N–H and O–H groups in total. The van der Waals surface area contributed by atoms with E-state index < -0.39 is 0 Å². The van der Waals surface area contributed by atoms with Crippen molar-refractivity contribution < 1.29 is 0 Å². The molecule has 0 spiro atoms. The van der Waals surface area contributed by atoms with Crippen molar-refractivity contribution in [2.75, 3.05) is 33.7 Å². The predicted molar refractivity (Wildman–Crippen MR) is 78.8 cm³/mol. The molecule has 106 valence electrons. The Morgan fingerprint density at radius 3 is 2.17 bits per heavy atom. The van der Waals surface area contributed by atoms with E-state index in [2.05, 4.69) is 23.7 Å². The molecule has 0 unspecified atom stereocenters. The van der Waals surface area contributed by atoms with E-state index in [-0.39, 0.29) is 0 Å². The average Bonchev–Trinajstić information content (AvgIpc) is 2.57. The van der Waals surface area contributed by atoms with Crippen LogP contribution in [-0.2, 0) is 0 Å². The van der Waals surface area contributed by atoms with Crippen molar-refractivity contribution in [2.24, 2.45) is 16.6 Å². The van der Waals surface area contributed by atoms with Crippen LogP contribution in [0.3, 0.4) is 0 Å². The average molecular weight is 254 g/mol. The van der Waals surface area contributed by atoms with Crippen LogP contribution >= 0.6 is 0 Å². The minimum Gasteiger partial charge on any atom is -0.370 e. The minimum absolute atomic E-state index is 0.529. The lowest BCUT2D eigenvalue weighted by molar-refractivity contribution is 0.166. The molecule has 1 aliphatic heterocycles. The zero-order valence-corrected chi connectivity index (χ0v) is 12.5. The van der Waals surface area contributed by atoms with Gasteiger partial charge in [0.25, 0.3) is 0 Å². The summed E-state index contributed by atoms with van der Waals surface area (Å²) in [6, 6.07) is 0.529. The first-order valence-electron chi connectivity index (χ1n) is 7.23. The molecule has 0 amide bonds. The van der Waals surface area contributed by atoms with E-state index in [4.69, 9.17) is 5.73 Å². The Morgan fingerprint density at radius 2 is 1.72 bits per heavy atom. The van der Waals surface area contributed by atoms with E-state index in [1.165, 1.54) is 38.8 Å². The predicted octanol–water partition coefficient (Wildman–Crippen LogP) is 1.76. The zero-order chi connectivity index (χ0) is 13.5. The van der Waals surface area contributed by atoms with Crippen LogP contribution in [0.2, 0.25) is 0 Å². The third kappa shape index (κ3) is 4.84. The number of hydrogen-bond donors (Lipinski definition) is 1. The van der Waals surface area contributed by atoms with Crippen LogP contribution in [0, 0.1) is 5.92 Å². The van der Waals surface area contributed by atoms with E-state index >= 15 is 0 Å². The van der Waals surface area contributed by atoms with Gasteiger partial charge in [-0.25, -0.2) is 0 Å². The van der Waals surface area contributed by atoms with Crippen LogP contribution in [0.25, 0.3) is 0 Å². The summed E-state index contributed by atoms with van der Waals surface area (Å²) in [5, 5.41) is 0. The summed E-state index contributed by atoms with van der Waals surface area (Å²) in [4.78, 5) is 9.02. The van der Waals surface area contributed by atoms with Gasteiger partial charge in [0.1, 0.15) is 0 Å². The number of rotatable bonds is 4. The van der Waals surface area contributed by atoms with Gasteiger partial charge in [-0.3, -0.25) is 9.89 Å². The van der Waals surface area contributed by atoms with Gasteiger partial charge in [0.2, 0.25) is 0 Å². The standard InChI is InChI=1S/C14H30N4/c1-12(2)13(11-16-14(15)17(3)4)18-9-7-5-6-8-10-18/h12-13H,5-11H2,1-4H3,(H2,15,16)/t13-/m1/s1. The highest BCUT2D eigenvalue weighted by atomic mass is 15.2. The number of nitrogens with zero attached hydrogens (tertiary/aromatic N) is 3. The third-order valence-corrected chi connectivity index (χ3v) is 3.78. The molecular weight excluding hydrogens is 224 g/mol. The molecule has 1 atom stereocenters. The summed E-state index contributed by atoms with van der Waals surface area (Å²) in [6.07, 6.45) is 5.42. The smallest absolute Gasteiger partial charge is 0.190 e. The molecule has 0 aromatic heterocycles.